The van der Waals surface area contributed by atoms with Gasteiger partial charge in [-0.2, -0.15) is 4.98 Å². The summed E-state index contributed by atoms with van der Waals surface area (Å²) in [6.45, 7) is 6.81. The first-order valence-corrected chi connectivity index (χ1v) is 7.14. The second-order valence-electron chi connectivity index (χ2n) is 5.37. The Morgan fingerprint density at radius 2 is 2.20 bits per heavy atom. The van der Waals surface area contributed by atoms with Gasteiger partial charge in [-0.05, 0) is 13.0 Å². The summed E-state index contributed by atoms with van der Waals surface area (Å²) in [5.74, 6) is 1.27. The van der Waals surface area contributed by atoms with E-state index in [0.29, 0.717) is 19.0 Å². The lowest BCUT2D eigenvalue weighted by molar-refractivity contribution is -0.142. The predicted octanol–water partition coefficient (Wildman–Crippen LogP) is 0.201. The fraction of sp³-hybridized carbons (Fsp3) is 0.769. The molecule has 2 fully saturated rings. The van der Waals surface area contributed by atoms with E-state index in [4.69, 9.17) is 9.26 Å². The SMILES string of the molecule is Cc1nc(CN2CCCN([C@H]3CCOC3=O)CC2)no1. The summed E-state index contributed by atoms with van der Waals surface area (Å²) < 4.78 is 10.1. The van der Waals surface area contributed by atoms with Crippen LogP contribution < -0.4 is 0 Å². The Labute approximate surface area is 117 Å². The van der Waals surface area contributed by atoms with E-state index in [2.05, 4.69) is 19.9 Å². The predicted molar refractivity (Wildman–Crippen MR) is 69.9 cm³/mol. The molecule has 1 aromatic heterocycles. The number of hydrogen-bond donors (Lipinski definition) is 0. The zero-order valence-corrected chi connectivity index (χ0v) is 11.7. The summed E-state index contributed by atoms with van der Waals surface area (Å²) in [7, 11) is 0. The number of aryl methyl sites for hydroxylation is 1. The maximum atomic E-state index is 11.7. The molecule has 3 heterocycles. The number of cyclic esters (lactones) is 1. The van der Waals surface area contributed by atoms with Gasteiger partial charge in [0.15, 0.2) is 5.82 Å². The van der Waals surface area contributed by atoms with Gasteiger partial charge in [-0.15, -0.1) is 0 Å². The third-order valence-electron chi connectivity index (χ3n) is 3.91. The highest BCUT2D eigenvalue weighted by molar-refractivity contribution is 5.77. The molecular formula is C13H20N4O3. The van der Waals surface area contributed by atoms with Crippen LogP contribution in [0.5, 0.6) is 0 Å². The van der Waals surface area contributed by atoms with E-state index in [0.717, 1.165) is 44.8 Å². The van der Waals surface area contributed by atoms with Crippen LogP contribution in [0.2, 0.25) is 0 Å². The third kappa shape index (κ3) is 2.99. The van der Waals surface area contributed by atoms with E-state index in [1.54, 1.807) is 6.92 Å². The van der Waals surface area contributed by atoms with Crippen molar-refractivity contribution in [2.45, 2.75) is 32.4 Å². The molecule has 7 heteroatoms. The van der Waals surface area contributed by atoms with Gasteiger partial charge in [0, 0.05) is 33.0 Å². The van der Waals surface area contributed by atoms with Crippen molar-refractivity contribution in [1.82, 2.24) is 19.9 Å². The Kier molecular flexibility index (Phi) is 3.98. The van der Waals surface area contributed by atoms with Gasteiger partial charge in [0.05, 0.1) is 13.2 Å². The number of esters is 1. The molecular weight excluding hydrogens is 260 g/mol. The number of ether oxygens (including phenoxy) is 1. The van der Waals surface area contributed by atoms with Crippen LogP contribution in [0.25, 0.3) is 0 Å². The number of hydrogen-bond acceptors (Lipinski definition) is 7. The number of aromatic nitrogens is 2. The van der Waals surface area contributed by atoms with Crippen LogP contribution in [0.1, 0.15) is 24.6 Å². The molecule has 2 aliphatic rings. The minimum absolute atomic E-state index is 0.0395. The van der Waals surface area contributed by atoms with E-state index < -0.39 is 0 Å². The molecule has 1 aromatic rings. The van der Waals surface area contributed by atoms with E-state index in [1.165, 1.54) is 0 Å². The molecule has 2 aliphatic heterocycles. The number of nitrogens with zero attached hydrogens (tertiary/aromatic N) is 4. The Hall–Kier alpha value is -1.47. The third-order valence-corrected chi connectivity index (χ3v) is 3.91. The highest BCUT2D eigenvalue weighted by Gasteiger charge is 2.33. The van der Waals surface area contributed by atoms with Crippen LogP contribution in [0.15, 0.2) is 4.52 Å². The summed E-state index contributed by atoms with van der Waals surface area (Å²) in [6, 6.07) is -0.0395. The molecule has 0 aliphatic carbocycles. The van der Waals surface area contributed by atoms with Crippen LogP contribution in [0, 0.1) is 6.92 Å². The van der Waals surface area contributed by atoms with Crippen molar-refractivity contribution < 1.29 is 14.1 Å². The van der Waals surface area contributed by atoms with Crippen LogP contribution in [-0.2, 0) is 16.1 Å². The Bertz CT molecular complexity index is 476. The number of carbonyl (C=O) groups excluding carboxylic acids is 1. The summed E-state index contributed by atoms with van der Waals surface area (Å²) in [5.41, 5.74) is 0. The quantitative estimate of drug-likeness (QED) is 0.732. The first kappa shape index (κ1) is 13.5. The van der Waals surface area contributed by atoms with Gasteiger partial charge in [0.1, 0.15) is 6.04 Å². The minimum atomic E-state index is -0.0627. The fourth-order valence-corrected chi connectivity index (χ4v) is 2.88. The zero-order valence-electron chi connectivity index (χ0n) is 11.7. The molecule has 1 atom stereocenters. The highest BCUT2D eigenvalue weighted by atomic mass is 16.5. The van der Waals surface area contributed by atoms with Gasteiger partial charge in [-0.25, -0.2) is 0 Å². The van der Waals surface area contributed by atoms with E-state index in [1.807, 2.05) is 0 Å². The van der Waals surface area contributed by atoms with E-state index in [9.17, 15) is 4.79 Å². The van der Waals surface area contributed by atoms with Crippen molar-refractivity contribution in [3.63, 3.8) is 0 Å². The van der Waals surface area contributed by atoms with Crippen molar-refractivity contribution in [2.75, 3.05) is 32.8 Å². The lowest BCUT2D eigenvalue weighted by atomic mass is 10.2. The molecule has 0 bridgehead atoms. The van der Waals surface area contributed by atoms with Crippen molar-refractivity contribution in [3.05, 3.63) is 11.7 Å². The van der Waals surface area contributed by atoms with Crippen LogP contribution in [0.3, 0.4) is 0 Å². The molecule has 7 nitrogen and oxygen atoms in total. The van der Waals surface area contributed by atoms with Gasteiger partial charge in [0.25, 0.3) is 0 Å². The smallest absolute Gasteiger partial charge is 0.323 e. The van der Waals surface area contributed by atoms with Gasteiger partial charge >= 0.3 is 5.97 Å². The Morgan fingerprint density at radius 1 is 1.30 bits per heavy atom. The molecule has 110 valence electrons. The number of carbonyl (C=O) groups is 1. The van der Waals surface area contributed by atoms with Crippen molar-refractivity contribution in [2.24, 2.45) is 0 Å². The Morgan fingerprint density at radius 3 is 2.90 bits per heavy atom. The molecule has 20 heavy (non-hydrogen) atoms. The normalized spacial score (nSPS) is 25.6. The standard InChI is InChI=1S/C13H20N4O3/c1-10-14-12(15-20-10)9-16-4-2-5-17(7-6-16)11-3-8-19-13(11)18/h11H,2-9H2,1H3/t11-/m0/s1. The Balaban J connectivity index is 1.55. The summed E-state index contributed by atoms with van der Waals surface area (Å²) in [6.07, 6.45) is 1.86. The molecule has 0 N–H and O–H groups in total. The average Bonchev–Trinajstić information content (AvgIpc) is 2.95. The number of rotatable bonds is 3. The highest BCUT2D eigenvalue weighted by Crippen LogP contribution is 2.17. The molecule has 3 rings (SSSR count). The van der Waals surface area contributed by atoms with Crippen molar-refractivity contribution >= 4 is 5.97 Å². The van der Waals surface area contributed by atoms with Crippen LogP contribution in [0.4, 0.5) is 0 Å². The van der Waals surface area contributed by atoms with E-state index >= 15 is 0 Å². The molecule has 0 unspecified atom stereocenters. The van der Waals surface area contributed by atoms with Gasteiger partial charge in [-0.3, -0.25) is 14.6 Å². The molecule has 0 radical (unpaired) electrons. The lowest BCUT2D eigenvalue weighted by Gasteiger charge is -2.24. The van der Waals surface area contributed by atoms with Crippen LogP contribution in [-0.4, -0.2) is 64.7 Å². The second kappa shape index (κ2) is 5.88. The van der Waals surface area contributed by atoms with Crippen molar-refractivity contribution in [3.8, 4) is 0 Å². The molecule has 0 spiro atoms. The first-order chi connectivity index (χ1) is 9.72. The zero-order chi connectivity index (χ0) is 13.9. The molecule has 2 saturated heterocycles. The lowest BCUT2D eigenvalue weighted by Crippen LogP contribution is -2.41. The van der Waals surface area contributed by atoms with Gasteiger partial charge in [-0.1, -0.05) is 5.16 Å². The average molecular weight is 280 g/mol. The summed E-state index contributed by atoms with van der Waals surface area (Å²) in [5, 5.41) is 3.93. The van der Waals surface area contributed by atoms with Gasteiger partial charge < -0.3 is 9.26 Å². The monoisotopic (exact) mass is 280 g/mol. The van der Waals surface area contributed by atoms with E-state index in [-0.39, 0.29) is 12.0 Å². The maximum Gasteiger partial charge on any atom is 0.323 e. The topological polar surface area (TPSA) is 71.7 Å². The molecule has 0 saturated carbocycles. The summed E-state index contributed by atoms with van der Waals surface area (Å²) in [4.78, 5) is 20.4. The molecule has 0 aromatic carbocycles. The molecule has 0 amide bonds. The fourth-order valence-electron chi connectivity index (χ4n) is 2.88. The van der Waals surface area contributed by atoms with Crippen LogP contribution >= 0.6 is 0 Å². The van der Waals surface area contributed by atoms with Gasteiger partial charge in [0.2, 0.25) is 5.89 Å². The summed E-state index contributed by atoms with van der Waals surface area (Å²) >= 11 is 0. The first-order valence-electron chi connectivity index (χ1n) is 7.14. The largest absolute Gasteiger partial charge is 0.464 e. The second-order valence-corrected chi connectivity index (χ2v) is 5.37. The maximum absolute atomic E-state index is 11.7. The van der Waals surface area contributed by atoms with Crippen molar-refractivity contribution in [1.29, 1.82) is 0 Å². The minimum Gasteiger partial charge on any atom is -0.464 e.